The fraction of sp³-hybridized carbons (Fsp3) is 0.562. The van der Waals surface area contributed by atoms with E-state index in [4.69, 9.17) is 0 Å². The molecule has 3 fully saturated rings. The monoisotopic (exact) mass is 304 g/mol. The second-order valence-electron chi connectivity index (χ2n) is 6.81. The van der Waals surface area contributed by atoms with Gasteiger partial charge in [-0.15, -0.1) is 0 Å². The van der Waals surface area contributed by atoms with Gasteiger partial charge in [0.1, 0.15) is 0 Å². The van der Waals surface area contributed by atoms with Gasteiger partial charge in [-0.25, -0.2) is 4.83 Å². The van der Waals surface area contributed by atoms with E-state index in [1.165, 1.54) is 12.8 Å². The molecule has 5 heteroatoms. The van der Waals surface area contributed by atoms with Gasteiger partial charge in [0.05, 0.1) is 4.90 Å². The predicted octanol–water partition coefficient (Wildman–Crippen LogP) is 2.70. The topological polar surface area (TPSA) is 58.5 Å². The van der Waals surface area contributed by atoms with Crippen molar-refractivity contribution in [3.8, 4) is 0 Å². The first-order valence-electron chi connectivity index (χ1n) is 7.67. The maximum atomic E-state index is 12.2. The summed E-state index contributed by atoms with van der Waals surface area (Å²) in [6.45, 7) is 1.94. The molecule has 21 heavy (non-hydrogen) atoms. The molecule has 0 unspecified atom stereocenters. The second-order valence-corrected chi connectivity index (χ2v) is 8.47. The van der Waals surface area contributed by atoms with Gasteiger partial charge in [-0.2, -0.15) is 13.5 Å². The molecular formula is C16H20N2O2S. The van der Waals surface area contributed by atoms with Gasteiger partial charge in [0.25, 0.3) is 10.0 Å². The number of hydrogen-bond acceptors (Lipinski definition) is 3. The van der Waals surface area contributed by atoms with Gasteiger partial charge >= 0.3 is 0 Å². The molecule has 0 saturated heterocycles. The number of nitrogens with zero attached hydrogens (tertiary/aromatic N) is 1. The van der Waals surface area contributed by atoms with E-state index in [0.717, 1.165) is 47.8 Å². The van der Waals surface area contributed by atoms with Gasteiger partial charge < -0.3 is 0 Å². The van der Waals surface area contributed by atoms with Crippen LogP contribution in [0.2, 0.25) is 0 Å². The van der Waals surface area contributed by atoms with Crippen molar-refractivity contribution in [1.29, 1.82) is 0 Å². The van der Waals surface area contributed by atoms with Crippen LogP contribution in [0.1, 0.15) is 31.2 Å². The average molecular weight is 304 g/mol. The molecule has 3 aliphatic rings. The van der Waals surface area contributed by atoms with Crippen molar-refractivity contribution in [3.63, 3.8) is 0 Å². The van der Waals surface area contributed by atoms with Crippen LogP contribution in [0.3, 0.4) is 0 Å². The first kappa shape index (κ1) is 13.3. The van der Waals surface area contributed by atoms with Crippen LogP contribution in [-0.4, -0.2) is 14.1 Å². The molecule has 0 aliphatic heterocycles. The van der Waals surface area contributed by atoms with E-state index in [-0.39, 0.29) is 4.90 Å². The summed E-state index contributed by atoms with van der Waals surface area (Å²) in [5.41, 5.74) is 2.09. The molecule has 4 atom stereocenters. The van der Waals surface area contributed by atoms with Crippen LogP contribution in [0.15, 0.2) is 34.3 Å². The van der Waals surface area contributed by atoms with Gasteiger partial charge in [0.2, 0.25) is 0 Å². The van der Waals surface area contributed by atoms with Crippen LogP contribution < -0.4 is 4.83 Å². The number of rotatable bonds is 3. The molecule has 0 bridgehead atoms. The van der Waals surface area contributed by atoms with Gasteiger partial charge in [0.15, 0.2) is 0 Å². The fourth-order valence-corrected chi connectivity index (χ4v) is 4.58. The largest absolute Gasteiger partial charge is 0.276 e. The second kappa shape index (κ2) is 4.57. The first-order valence-corrected chi connectivity index (χ1v) is 9.15. The minimum atomic E-state index is -3.53. The van der Waals surface area contributed by atoms with E-state index < -0.39 is 10.0 Å². The summed E-state index contributed by atoms with van der Waals surface area (Å²) in [6, 6.07) is 6.85. The Morgan fingerprint density at radius 1 is 1.05 bits per heavy atom. The third-order valence-electron chi connectivity index (χ3n) is 5.16. The molecule has 1 N–H and O–H groups in total. The van der Waals surface area contributed by atoms with E-state index >= 15 is 0 Å². The molecule has 112 valence electrons. The molecule has 1 aromatic rings. The summed E-state index contributed by atoms with van der Waals surface area (Å²) in [7, 11) is -3.53. The maximum Gasteiger partial charge on any atom is 0.276 e. The van der Waals surface area contributed by atoms with E-state index in [9.17, 15) is 8.42 Å². The Morgan fingerprint density at radius 3 is 2.19 bits per heavy atom. The van der Waals surface area contributed by atoms with Crippen LogP contribution in [0.25, 0.3) is 0 Å². The molecule has 3 saturated carbocycles. The highest BCUT2D eigenvalue weighted by molar-refractivity contribution is 7.89. The number of hydrogen-bond donors (Lipinski definition) is 1. The van der Waals surface area contributed by atoms with Crippen molar-refractivity contribution in [2.75, 3.05) is 0 Å². The van der Waals surface area contributed by atoms with Gasteiger partial charge in [-0.1, -0.05) is 17.7 Å². The lowest BCUT2D eigenvalue weighted by molar-refractivity contribution is 0.584. The zero-order valence-corrected chi connectivity index (χ0v) is 12.9. The highest BCUT2D eigenvalue weighted by atomic mass is 32.2. The lowest BCUT2D eigenvalue weighted by Crippen LogP contribution is -2.20. The van der Waals surface area contributed by atoms with Crippen LogP contribution in [0, 0.1) is 30.6 Å². The van der Waals surface area contributed by atoms with Crippen LogP contribution in [0.5, 0.6) is 0 Å². The van der Waals surface area contributed by atoms with Crippen molar-refractivity contribution in [2.45, 2.75) is 37.5 Å². The third-order valence-corrected chi connectivity index (χ3v) is 6.38. The van der Waals surface area contributed by atoms with Crippen molar-refractivity contribution in [3.05, 3.63) is 29.8 Å². The molecular weight excluding hydrogens is 284 g/mol. The fourth-order valence-electron chi connectivity index (χ4n) is 3.73. The zero-order valence-electron chi connectivity index (χ0n) is 12.1. The van der Waals surface area contributed by atoms with Gasteiger partial charge in [-0.05, 0) is 68.4 Å². The highest BCUT2D eigenvalue weighted by Gasteiger charge is 2.55. The van der Waals surface area contributed by atoms with Gasteiger partial charge in [0, 0.05) is 5.71 Å². The predicted molar refractivity (Wildman–Crippen MR) is 81.4 cm³/mol. The lowest BCUT2D eigenvalue weighted by Gasteiger charge is -2.07. The molecule has 1 aromatic carbocycles. The average Bonchev–Trinajstić information content (AvgIpc) is 3.29. The molecule has 4 rings (SSSR count). The minimum Gasteiger partial charge on any atom is -0.200 e. The van der Waals surface area contributed by atoms with E-state index in [1.807, 2.05) is 6.92 Å². The van der Waals surface area contributed by atoms with Crippen LogP contribution >= 0.6 is 0 Å². The number of aryl methyl sites for hydroxylation is 1. The Kier molecular flexibility index (Phi) is 2.89. The quantitative estimate of drug-likeness (QED) is 0.873. The Hall–Kier alpha value is -1.36. The number of benzene rings is 1. The normalized spacial score (nSPS) is 35.6. The van der Waals surface area contributed by atoms with E-state index in [0.29, 0.717) is 0 Å². The summed E-state index contributed by atoms with van der Waals surface area (Å²) in [5.74, 6) is 3.36. The molecule has 0 amide bonds. The first-order chi connectivity index (χ1) is 10.0. The maximum absolute atomic E-state index is 12.2. The van der Waals surface area contributed by atoms with Crippen LogP contribution in [-0.2, 0) is 10.0 Å². The Bertz CT molecular complexity index is 673. The van der Waals surface area contributed by atoms with Crippen LogP contribution in [0.4, 0.5) is 0 Å². The van der Waals surface area contributed by atoms with Gasteiger partial charge in [-0.3, -0.25) is 0 Å². The summed E-state index contributed by atoms with van der Waals surface area (Å²) < 4.78 is 24.5. The van der Waals surface area contributed by atoms with E-state index in [1.54, 1.807) is 24.3 Å². The van der Waals surface area contributed by atoms with E-state index in [2.05, 4.69) is 9.93 Å². The Balaban J connectivity index is 1.49. The molecule has 0 radical (unpaired) electrons. The number of nitrogens with one attached hydrogen (secondary N) is 1. The standard InChI is InChI=1S/C16H20N2O2S/c1-10-2-4-14(5-3-10)21(19,20)18-17-13-6-11-8-15(11)16-9-12(16)7-13/h2-5,11-12,15-16,18H,6-9H2,1H3/t11-,12+,15+,16-. The SMILES string of the molecule is Cc1ccc(S(=O)(=O)NN=C2C[C@H]3C[C@H]3[C@H]3C[C@H]3C2)cc1. The number of hydrazone groups is 1. The summed E-state index contributed by atoms with van der Waals surface area (Å²) >= 11 is 0. The number of sulfonamides is 1. The third kappa shape index (κ3) is 2.59. The van der Waals surface area contributed by atoms with Crippen molar-refractivity contribution >= 4 is 15.7 Å². The van der Waals surface area contributed by atoms with Crippen molar-refractivity contribution in [2.24, 2.45) is 28.8 Å². The highest BCUT2D eigenvalue weighted by Crippen LogP contribution is 2.62. The lowest BCUT2D eigenvalue weighted by atomic mass is 10.1. The molecule has 3 aliphatic carbocycles. The minimum absolute atomic E-state index is 0.277. The summed E-state index contributed by atoms with van der Waals surface area (Å²) in [5, 5.41) is 4.25. The summed E-state index contributed by atoms with van der Waals surface area (Å²) in [4.78, 5) is 2.71. The summed E-state index contributed by atoms with van der Waals surface area (Å²) in [6.07, 6.45) is 4.61. The number of fused-ring (bicyclic) bond motifs is 3. The zero-order chi connectivity index (χ0) is 14.6. The van der Waals surface area contributed by atoms with Crippen molar-refractivity contribution in [1.82, 2.24) is 4.83 Å². The Morgan fingerprint density at radius 2 is 1.62 bits per heavy atom. The van der Waals surface area contributed by atoms with Crippen molar-refractivity contribution < 1.29 is 8.42 Å². The molecule has 0 heterocycles. The Labute approximate surface area is 125 Å². The smallest absolute Gasteiger partial charge is 0.200 e. The molecule has 0 spiro atoms. The molecule has 4 nitrogen and oxygen atoms in total. The molecule has 0 aromatic heterocycles.